The minimum Gasteiger partial charge on any atom is -0.481 e. The van der Waals surface area contributed by atoms with Gasteiger partial charge in [0.15, 0.2) is 0 Å². The van der Waals surface area contributed by atoms with Crippen LogP contribution in [-0.2, 0) is 9.59 Å². The lowest BCUT2D eigenvalue weighted by atomic mass is 10.2. The first-order chi connectivity index (χ1) is 14.8. The third kappa shape index (κ3) is 11.2. The van der Waals surface area contributed by atoms with Gasteiger partial charge in [-0.05, 0) is 24.3 Å². The van der Waals surface area contributed by atoms with E-state index in [0.717, 1.165) is 0 Å². The summed E-state index contributed by atoms with van der Waals surface area (Å²) in [6.07, 6.45) is -0.593. The molecular weight excluding hydrogens is 432 g/mol. The molecule has 0 aromatic heterocycles. The van der Waals surface area contributed by atoms with Crippen molar-refractivity contribution in [2.24, 2.45) is 11.5 Å². The van der Waals surface area contributed by atoms with Gasteiger partial charge >= 0.3 is 11.9 Å². The summed E-state index contributed by atoms with van der Waals surface area (Å²) in [4.78, 5) is 59.6. The Hall–Kier alpha value is -4.88. The van der Waals surface area contributed by atoms with Crippen molar-refractivity contribution in [3.8, 4) is 0 Å². The highest BCUT2D eigenvalue weighted by Gasteiger charge is 2.06. The molecule has 0 atom stereocenters. The predicted molar refractivity (Wildman–Crippen MR) is 108 cm³/mol. The number of carbonyl (C=O) groups excluding carboxylic acids is 2. The van der Waals surface area contributed by atoms with E-state index in [1.165, 1.54) is 48.5 Å². The first-order valence-electron chi connectivity index (χ1n) is 8.37. The van der Waals surface area contributed by atoms with Gasteiger partial charge in [-0.15, -0.1) is 0 Å². The van der Waals surface area contributed by atoms with Gasteiger partial charge in [0.05, 0.1) is 22.7 Å². The molecule has 0 bridgehead atoms. The van der Waals surface area contributed by atoms with E-state index < -0.39 is 33.6 Å². The average molecular weight is 450 g/mol. The van der Waals surface area contributed by atoms with Crippen LogP contribution >= 0.6 is 0 Å². The summed E-state index contributed by atoms with van der Waals surface area (Å²) in [5, 5.41) is 36.1. The van der Waals surface area contributed by atoms with Gasteiger partial charge in [-0.2, -0.15) is 0 Å². The lowest BCUT2D eigenvalue weighted by Crippen LogP contribution is -2.10. The number of carboxylic acids is 2. The van der Waals surface area contributed by atoms with Crippen LogP contribution < -0.4 is 11.5 Å². The number of rotatable bonds is 7. The normalized spacial score (nSPS) is 9.12. The largest absolute Gasteiger partial charge is 0.481 e. The molecular formula is C18H18N4O10. The molecule has 14 heteroatoms. The molecule has 0 saturated heterocycles. The summed E-state index contributed by atoms with van der Waals surface area (Å²) in [6, 6.07) is 10.2. The number of amides is 2. The van der Waals surface area contributed by atoms with Crippen molar-refractivity contribution >= 4 is 35.1 Å². The summed E-state index contributed by atoms with van der Waals surface area (Å²) < 4.78 is 0. The molecule has 0 radical (unpaired) electrons. The second-order valence-corrected chi connectivity index (χ2v) is 5.62. The summed E-state index contributed by atoms with van der Waals surface area (Å²) in [7, 11) is 0. The number of carbonyl (C=O) groups is 4. The zero-order valence-corrected chi connectivity index (χ0v) is 16.2. The number of carboxylic acid groups (broad SMARTS) is 2. The molecule has 0 aliphatic heterocycles. The first kappa shape index (κ1) is 27.1. The van der Waals surface area contributed by atoms with Crippen molar-refractivity contribution in [2.45, 2.75) is 12.8 Å². The topological polar surface area (TPSA) is 247 Å². The number of nitrogens with zero attached hydrogens (tertiary/aromatic N) is 2. The van der Waals surface area contributed by atoms with Gasteiger partial charge in [0, 0.05) is 35.4 Å². The molecule has 0 aliphatic rings. The number of nitrogens with two attached hydrogens (primary N) is 2. The number of nitro groups is 2. The standard InChI is InChI=1S/2C7H6N2O3.C4H6O4/c2*8-7(10)5-1-3-6(4-2-5)9(11)12;5-3(6)1-2-4(7)8/h2*1-4H,(H2,8,10);1-2H2,(H,5,6)(H,7,8). The lowest BCUT2D eigenvalue weighted by molar-refractivity contribution is -0.385. The number of non-ortho nitro benzene ring substituents is 2. The van der Waals surface area contributed by atoms with E-state index in [-0.39, 0.29) is 35.3 Å². The quantitative estimate of drug-likeness (QED) is 0.348. The van der Waals surface area contributed by atoms with E-state index in [1.54, 1.807) is 0 Å². The number of aliphatic carboxylic acids is 2. The fraction of sp³-hybridized carbons (Fsp3) is 0.111. The van der Waals surface area contributed by atoms with Crippen molar-refractivity contribution in [1.29, 1.82) is 0 Å². The minimum atomic E-state index is -1.08. The smallest absolute Gasteiger partial charge is 0.303 e. The molecule has 6 N–H and O–H groups in total. The van der Waals surface area contributed by atoms with Crippen LogP contribution in [0.25, 0.3) is 0 Å². The molecule has 0 heterocycles. The van der Waals surface area contributed by atoms with Gasteiger partial charge in [0.1, 0.15) is 0 Å². The predicted octanol–water partition coefficient (Wildman–Crippen LogP) is 1.32. The second-order valence-electron chi connectivity index (χ2n) is 5.62. The van der Waals surface area contributed by atoms with Crippen molar-refractivity contribution in [1.82, 2.24) is 0 Å². The zero-order valence-electron chi connectivity index (χ0n) is 16.2. The Balaban J connectivity index is 0.000000462. The number of nitro benzene ring substituents is 2. The molecule has 14 nitrogen and oxygen atoms in total. The molecule has 2 aromatic carbocycles. The monoisotopic (exact) mass is 450 g/mol. The van der Waals surface area contributed by atoms with Crippen LogP contribution in [0.5, 0.6) is 0 Å². The van der Waals surface area contributed by atoms with E-state index in [2.05, 4.69) is 0 Å². The average Bonchev–Trinajstić information content (AvgIpc) is 2.73. The highest BCUT2D eigenvalue weighted by Crippen LogP contribution is 2.11. The van der Waals surface area contributed by atoms with Gasteiger partial charge in [-0.3, -0.25) is 39.4 Å². The fourth-order valence-electron chi connectivity index (χ4n) is 1.71. The van der Waals surface area contributed by atoms with Gasteiger partial charge in [-0.1, -0.05) is 0 Å². The van der Waals surface area contributed by atoms with E-state index in [9.17, 15) is 39.4 Å². The lowest BCUT2D eigenvalue weighted by Gasteiger charge is -1.93. The second kappa shape index (κ2) is 13.4. The summed E-state index contributed by atoms with van der Waals surface area (Å²) >= 11 is 0. The van der Waals surface area contributed by atoms with Crippen LogP contribution in [0.3, 0.4) is 0 Å². The van der Waals surface area contributed by atoms with Gasteiger partial charge < -0.3 is 21.7 Å². The molecule has 2 rings (SSSR count). The molecule has 0 aliphatic carbocycles. The summed E-state index contributed by atoms with van der Waals surface area (Å²) in [5.74, 6) is -3.34. The molecule has 0 saturated carbocycles. The Morgan fingerprint density at radius 1 is 0.656 bits per heavy atom. The Morgan fingerprint density at radius 2 is 0.906 bits per heavy atom. The van der Waals surface area contributed by atoms with Crippen LogP contribution in [0.15, 0.2) is 48.5 Å². The maximum Gasteiger partial charge on any atom is 0.303 e. The molecule has 2 aromatic rings. The molecule has 32 heavy (non-hydrogen) atoms. The van der Waals surface area contributed by atoms with Gasteiger partial charge in [-0.25, -0.2) is 0 Å². The number of hydrogen-bond acceptors (Lipinski definition) is 8. The van der Waals surface area contributed by atoms with E-state index >= 15 is 0 Å². The van der Waals surface area contributed by atoms with E-state index in [1.807, 2.05) is 0 Å². The highest BCUT2D eigenvalue weighted by atomic mass is 16.6. The Morgan fingerprint density at radius 3 is 1.06 bits per heavy atom. The molecule has 0 fully saturated rings. The first-order valence-corrected chi connectivity index (χ1v) is 8.37. The maximum atomic E-state index is 10.5. The van der Waals surface area contributed by atoms with Crippen LogP contribution in [-0.4, -0.2) is 43.8 Å². The fourth-order valence-corrected chi connectivity index (χ4v) is 1.71. The maximum absolute atomic E-state index is 10.5. The van der Waals surface area contributed by atoms with Crippen LogP contribution in [0.1, 0.15) is 33.6 Å². The summed E-state index contributed by atoms with van der Waals surface area (Å²) in [6.45, 7) is 0. The molecule has 0 spiro atoms. The Kier molecular flexibility index (Phi) is 11.3. The van der Waals surface area contributed by atoms with Crippen molar-refractivity contribution < 1.29 is 39.2 Å². The van der Waals surface area contributed by atoms with Crippen LogP contribution in [0, 0.1) is 20.2 Å². The van der Waals surface area contributed by atoms with Crippen molar-refractivity contribution in [3.63, 3.8) is 0 Å². The number of primary amides is 2. The Labute approximate surface area is 179 Å². The number of hydrogen-bond donors (Lipinski definition) is 4. The SMILES string of the molecule is NC(=O)c1ccc([N+](=O)[O-])cc1.NC(=O)c1ccc([N+](=O)[O-])cc1.O=C(O)CCC(=O)O. The zero-order chi connectivity index (χ0) is 24.8. The van der Waals surface area contributed by atoms with Gasteiger partial charge in [0.2, 0.25) is 11.8 Å². The van der Waals surface area contributed by atoms with E-state index in [4.69, 9.17) is 21.7 Å². The number of benzene rings is 2. The van der Waals surface area contributed by atoms with Crippen molar-refractivity contribution in [2.75, 3.05) is 0 Å². The molecule has 170 valence electrons. The Bertz CT molecular complexity index is 840. The third-order valence-corrected chi connectivity index (χ3v) is 3.28. The third-order valence-electron chi connectivity index (χ3n) is 3.28. The van der Waals surface area contributed by atoms with Gasteiger partial charge in [0.25, 0.3) is 11.4 Å². The molecule has 2 amide bonds. The van der Waals surface area contributed by atoms with Crippen LogP contribution in [0.2, 0.25) is 0 Å². The summed E-state index contributed by atoms with van der Waals surface area (Å²) in [5.41, 5.74) is 10.3. The van der Waals surface area contributed by atoms with Crippen LogP contribution in [0.4, 0.5) is 11.4 Å². The minimum absolute atomic E-state index is 0.0556. The van der Waals surface area contributed by atoms with Crippen molar-refractivity contribution in [3.05, 3.63) is 79.9 Å². The molecule has 0 unspecified atom stereocenters. The van der Waals surface area contributed by atoms with E-state index in [0.29, 0.717) is 0 Å². The highest BCUT2D eigenvalue weighted by molar-refractivity contribution is 5.93.